The second-order valence-corrected chi connectivity index (χ2v) is 4.62. The zero-order valence-electron chi connectivity index (χ0n) is 10.5. The van der Waals surface area contributed by atoms with Crippen LogP contribution < -0.4 is 10.6 Å². The van der Waals surface area contributed by atoms with Crippen molar-refractivity contribution in [3.8, 4) is 0 Å². The van der Waals surface area contributed by atoms with Crippen LogP contribution in [0.15, 0.2) is 34.5 Å². The summed E-state index contributed by atoms with van der Waals surface area (Å²) in [4.78, 5) is 2.07. The molecule has 1 aliphatic heterocycles. The van der Waals surface area contributed by atoms with Gasteiger partial charge in [-0.3, -0.25) is 0 Å². The van der Waals surface area contributed by atoms with E-state index in [1.54, 1.807) is 0 Å². The zero-order valence-corrected chi connectivity index (χ0v) is 10.5. The van der Waals surface area contributed by atoms with Crippen molar-refractivity contribution in [3.05, 3.63) is 29.8 Å². The monoisotopic (exact) mass is 230 g/mol. The molecule has 1 heterocycles. The Kier molecular flexibility index (Phi) is 3.13. The normalized spacial score (nSPS) is 19.6. The highest BCUT2D eigenvalue weighted by Crippen LogP contribution is 2.18. The minimum Gasteiger partial charge on any atom is -0.385 e. The molecular formula is C13H18N4. The SMILES string of the molecule is CC1CC(c2ccc(N(C)C)cc2)=NN=C1N. The third-order valence-electron chi connectivity index (χ3n) is 3.01. The molecule has 4 nitrogen and oxygen atoms in total. The van der Waals surface area contributed by atoms with E-state index in [4.69, 9.17) is 5.73 Å². The largest absolute Gasteiger partial charge is 0.385 e. The molecule has 0 fully saturated rings. The van der Waals surface area contributed by atoms with E-state index in [-0.39, 0.29) is 5.92 Å². The summed E-state index contributed by atoms with van der Waals surface area (Å²) in [6, 6.07) is 8.34. The van der Waals surface area contributed by atoms with Crippen LogP contribution in [-0.4, -0.2) is 25.6 Å². The van der Waals surface area contributed by atoms with E-state index in [1.165, 1.54) is 5.69 Å². The van der Waals surface area contributed by atoms with Crippen molar-refractivity contribution in [2.75, 3.05) is 19.0 Å². The summed E-state index contributed by atoms with van der Waals surface area (Å²) in [6.45, 7) is 2.07. The standard InChI is InChI=1S/C13H18N4/c1-9-8-12(15-16-13(9)14)10-4-6-11(7-5-10)17(2)3/h4-7,9H,8H2,1-3H3,(H2,14,16). The van der Waals surface area contributed by atoms with Crippen LogP contribution in [0.5, 0.6) is 0 Å². The second-order valence-electron chi connectivity index (χ2n) is 4.62. The Morgan fingerprint density at radius 2 is 1.82 bits per heavy atom. The van der Waals surface area contributed by atoms with Crippen molar-refractivity contribution in [2.45, 2.75) is 13.3 Å². The Labute approximate surface area is 102 Å². The fraction of sp³-hybridized carbons (Fsp3) is 0.385. The van der Waals surface area contributed by atoms with Gasteiger partial charge in [0.05, 0.1) is 5.71 Å². The Bertz CT molecular complexity index is 457. The van der Waals surface area contributed by atoms with Crippen LogP contribution in [0.3, 0.4) is 0 Å². The number of benzene rings is 1. The first-order valence-electron chi connectivity index (χ1n) is 5.75. The van der Waals surface area contributed by atoms with Crippen LogP contribution in [0.1, 0.15) is 18.9 Å². The van der Waals surface area contributed by atoms with Crippen LogP contribution in [0.4, 0.5) is 5.69 Å². The Hall–Kier alpha value is -1.84. The summed E-state index contributed by atoms with van der Waals surface area (Å²) in [5.74, 6) is 0.898. The van der Waals surface area contributed by atoms with Gasteiger partial charge >= 0.3 is 0 Å². The van der Waals surface area contributed by atoms with Gasteiger partial charge in [-0.05, 0) is 17.7 Å². The third-order valence-corrected chi connectivity index (χ3v) is 3.01. The minimum absolute atomic E-state index is 0.274. The summed E-state index contributed by atoms with van der Waals surface area (Å²) in [7, 11) is 4.06. The van der Waals surface area contributed by atoms with Crippen molar-refractivity contribution in [2.24, 2.45) is 21.9 Å². The summed E-state index contributed by atoms with van der Waals surface area (Å²) >= 11 is 0. The molecule has 1 aliphatic rings. The van der Waals surface area contributed by atoms with Crippen LogP contribution >= 0.6 is 0 Å². The molecule has 0 aliphatic carbocycles. The molecule has 2 N–H and O–H groups in total. The van der Waals surface area contributed by atoms with Gasteiger partial charge in [-0.15, -0.1) is 5.10 Å². The number of amidine groups is 1. The third kappa shape index (κ3) is 2.46. The zero-order chi connectivity index (χ0) is 12.4. The molecule has 1 unspecified atom stereocenters. The molecule has 0 saturated heterocycles. The van der Waals surface area contributed by atoms with Gasteiger partial charge in [-0.25, -0.2) is 0 Å². The molecule has 90 valence electrons. The molecule has 1 aromatic carbocycles. The van der Waals surface area contributed by atoms with Gasteiger partial charge in [0.25, 0.3) is 0 Å². The molecule has 2 rings (SSSR count). The van der Waals surface area contributed by atoms with E-state index in [2.05, 4.69) is 46.3 Å². The van der Waals surface area contributed by atoms with E-state index in [1.807, 2.05) is 14.1 Å². The second kappa shape index (κ2) is 4.57. The van der Waals surface area contributed by atoms with Crippen molar-refractivity contribution in [1.82, 2.24) is 0 Å². The lowest BCUT2D eigenvalue weighted by Gasteiger charge is -2.17. The highest BCUT2D eigenvalue weighted by Gasteiger charge is 2.17. The van der Waals surface area contributed by atoms with Gasteiger partial charge < -0.3 is 10.6 Å². The van der Waals surface area contributed by atoms with Crippen molar-refractivity contribution in [1.29, 1.82) is 0 Å². The van der Waals surface area contributed by atoms with Gasteiger partial charge in [0.1, 0.15) is 5.84 Å². The maximum Gasteiger partial charge on any atom is 0.125 e. The van der Waals surface area contributed by atoms with Gasteiger partial charge in [0, 0.05) is 32.1 Å². The first-order chi connectivity index (χ1) is 8.08. The topological polar surface area (TPSA) is 54.0 Å². The van der Waals surface area contributed by atoms with E-state index in [0.717, 1.165) is 17.7 Å². The van der Waals surface area contributed by atoms with Gasteiger partial charge in [-0.2, -0.15) is 5.10 Å². The molecule has 0 bridgehead atoms. The summed E-state index contributed by atoms with van der Waals surface area (Å²) in [6.07, 6.45) is 0.858. The van der Waals surface area contributed by atoms with Crippen LogP contribution in [0, 0.1) is 5.92 Å². The smallest absolute Gasteiger partial charge is 0.125 e. The highest BCUT2D eigenvalue weighted by molar-refractivity contribution is 6.04. The highest BCUT2D eigenvalue weighted by atomic mass is 15.2. The lowest BCUT2D eigenvalue weighted by Crippen LogP contribution is -2.26. The van der Waals surface area contributed by atoms with Crippen molar-refractivity contribution < 1.29 is 0 Å². The number of hydrogen-bond donors (Lipinski definition) is 1. The molecule has 1 aromatic rings. The maximum atomic E-state index is 5.72. The maximum absolute atomic E-state index is 5.72. The number of nitrogens with two attached hydrogens (primary N) is 1. The molecule has 0 spiro atoms. The van der Waals surface area contributed by atoms with Crippen LogP contribution in [0.2, 0.25) is 0 Å². The molecule has 0 amide bonds. The minimum atomic E-state index is 0.274. The first-order valence-corrected chi connectivity index (χ1v) is 5.75. The van der Waals surface area contributed by atoms with Gasteiger partial charge in [0.2, 0.25) is 0 Å². The number of anilines is 1. The molecule has 17 heavy (non-hydrogen) atoms. The van der Waals surface area contributed by atoms with Crippen molar-refractivity contribution in [3.63, 3.8) is 0 Å². The summed E-state index contributed by atoms with van der Waals surface area (Å²) in [5, 5.41) is 8.17. The fourth-order valence-corrected chi connectivity index (χ4v) is 1.78. The Morgan fingerprint density at radius 1 is 1.18 bits per heavy atom. The molecular weight excluding hydrogens is 212 g/mol. The predicted molar refractivity (Wildman–Crippen MR) is 72.7 cm³/mol. The number of hydrogen-bond acceptors (Lipinski definition) is 4. The average molecular weight is 230 g/mol. The molecule has 0 radical (unpaired) electrons. The van der Waals surface area contributed by atoms with E-state index in [0.29, 0.717) is 5.84 Å². The number of rotatable bonds is 2. The fourth-order valence-electron chi connectivity index (χ4n) is 1.78. The predicted octanol–water partition coefficient (Wildman–Crippen LogP) is 1.85. The first kappa shape index (κ1) is 11.6. The lowest BCUT2D eigenvalue weighted by molar-refractivity contribution is 0.779. The Balaban J connectivity index is 2.24. The van der Waals surface area contributed by atoms with Gasteiger partial charge in [0.15, 0.2) is 0 Å². The quantitative estimate of drug-likeness (QED) is 0.843. The summed E-state index contributed by atoms with van der Waals surface area (Å²) in [5.41, 5.74) is 9.04. The lowest BCUT2D eigenvalue weighted by atomic mass is 9.97. The average Bonchev–Trinajstić information content (AvgIpc) is 2.33. The summed E-state index contributed by atoms with van der Waals surface area (Å²) < 4.78 is 0. The Morgan fingerprint density at radius 3 is 2.35 bits per heavy atom. The van der Waals surface area contributed by atoms with Crippen LogP contribution in [-0.2, 0) is 0 Å². The molecule has 0 aromatic heterocycles. The molecule has 0 saturated carbocycles. The van der Waals surface area contributed by atoms with Crippen molar-refractivity contribution >= 4 is 17.2 Å². The van der Waals surface area contributed by atoms with Gasteiger partial charge in [-0.1, -0.05) is 19.1 Å². The molecule has 1 atom stereocenters. The van der Waals surface area contributed by atoms with E-state index >= 15 is 0 Å². The van der Waals surface area contributed by atoms with E-state index < -0.39 is 0 Å². The molecule has 4 heteroatoms. The number of nitrogens with zero attached hydrogens (tertiary/aromatic N) is 3. The van der Waals surface area contributed by atoms with Crippen LogP contribution in [0.25, 0.3) is 0 Å². The van der Waals surface area contributed by atoms with E-state index in [9.17, 15) is 0 Å².